The van der Waals surface area contributed by atoms with Gasteiger partial charge in [-0.15, -0.1) is 0 Å². The van der Waals surface area contributed by atoms with E-state index >= 15 is 0 Å². The number of nitrogens with zero attached hydrogens (tertiary/aromatic N) is 1. The van der Waals surface area contributed by atoms with E-state index in [1.807, 2.05) is 0 Å². The molecule has 0 aliphatic rings. The summed E-state index contributed by atoms with van der Waals surface area (Å²) < 4.78 is 13.8. The Morgan fingerprint density at radius 1 is 1.42 bits per heavy atom. The fourth-order valence-corrected chi connectivity index (χ4v) is 2.09. The molecule has 2 N–H and O–H groups in total. The predicted octanol–water partition coefficient (Wildman–Crippen LogP) is 3.33. The van der Waals surface area contributed by atoms with Crippen LogP contribution in [0.25, 0.3) is 0 Å². The third-order valence-corrected chi connectivity index (χ3v) is 3.67. The molecule has 106 valence electrons. The van der Waals surface area contributed by atoms with Gasteiger partial charge in [0.2, 0.25) is 0 Å². The quantitative estimate of drug-likeness (QED) is 0.778. The minimum atomic E-state index is -0.192. The molecule has 1 rings (SSSR count). The molecule has 4 heteroatoms. The van der Waals surface area contributed by atoms with Crippen LogP contribution in [0, 0.1) is 11.7 Å². The average Bonchev–Trinajstić information content (AvgIpc) is 2.39. The summed E-state index contributed by atoms with van der Waals surface area (Å²) in [5, 5.41) is 0. The molecule has 0 aliphatic heterocycles. The van der Waals surface area contributed by atoms with E-state index in [9.17, 15) is 4.39 Å². The second-order valence-electron chi connectivity index (χ2n) is 5.01. The molecule has 0 aromatic heterocycles. The maximum absolute atomic E-state index is 13.8. The zero-order valence-electron chi connectivity index (χ0n) is 11.9. The van der Waals surface area contributed by atoms with Crippen molar-refractivity contribution in [3.8, 4) is 0 Å². The lowest BCUT2D eigenvalue weighted by Crippen LogP contribution is -2.28. The van der Waals surface area contributed by atoms with Crippen LogP contribution < -0.4 is 5.73 Å². The molecule has 0 aliphatic carbocycles. The van der Waals surface area contributed by atoms with E-state index in [4.69, 9.17) is 18.0 Å². The molecule has 0 amide bonds. The van der Waals surface area contributed by atoms with Crippen molar-refractivity contribution in [3.63, 3.8) is 0 Å². The zero-order chi connectivity index (χ0) is 14.4. The molecular weight excluding hydrogens is 259 g/mol. The van der Waals surface area contributed by atoms with E-state index in [0.717, 1.165) is 25.1 Å². The van der Waals surface area contributed by atoms with Gasteiger partial charge in [-0.05, 0) is 30.7 Å². The van der Waals surface area contributed by atoms with Crippen LogP contribution in [0.3, 0.4) is 0 Å². The van der Waals surface area contributed by atoms with Gasteiger partial charge in [0.25, 0.3) is 0 Å². The molecule has 0 saturated carbocycles. The molecule has 2 nitrogen and oxygen atoms in total. The Balaban J connectivity index is 2.84. The van der Waals surface area contributed by atoms with Crippen molar-refractivity contribution >= 4 is 17.2 Å². The number of hydrogen-bond donors (Lipinski definition) is 1. The van der Waals surface area contributed by atoms with Crippen molar-refractivity contribution < 1.29 is 4.39 Å². The number of nitrogens with two attached hydrogens (primary N) is 1. The highest BCUT2D eigenvalue weighted by molar-refractivity contribution is 7.80. The van der Waals surface area contributed by atoms with Gasteiger partial charge in [-0.3, -0.25) is 4.90 Å². The number of benzene rings is 1. The van der Waals surface area contributed by atoms with Crippen LogP contribution in [0.1, 0.15) is 38.3 Å². The van der Waals surface area contributed by atoms with E-state index in [1.165, 1.54) is 6.07 Å². The molecule has 1 atom stereocenters. The normalized spacial score (nSPS) is 12.7. The molecule has 1 unspecified atom stereocenters. The van der Waals surface area contributed by atoms with Crippen molar-refractivity contribution in [1.82, 2.24) is 4.90 Å². The molecular formula is C15H23FN2S. The van der Waals surface area contributed by atoms with Gasteiger partial charge in [0.1, 0.15) is 10.8 Å². The molecule has 0 spiro atoms. The van der Waals surface area contributed by atoms with Crippen LogP contribution in [0.2, 0.25) is 0 Å². The summed E-state index contributed by atoms with van der Waals surface area (Å²) in [5.41, 5.74) is 6.98. The number of halogens is 1. The monoisotopic (exact) mass is 282 g/mol. The molecule has 0 bridgehead atoms. The van der Waals surface area contributed by atoms with Crippen LogP contribution >= 0.6 is 12.2 Å². The van der Waals surface area contributed by atoms with Crippen LogP contribution in [0.4, 0.5) is 4.39 Å². The number of rotatable bonds is 7. The van der Waals surface area contributed by atoms with Crippen molar-refractivity contribution in [1.29, 1.82) is 0 Å². The van der Waals surface area contributed by atoms with E-state index in [0.29, 0.717) is 23.0 Å². The number of thiocarbonyl (C=S) groups is 1. The highest BCUT2D eigenvalue weighted by Crippen LogP contribution is 2.15. The lowest BCUT2D eigenvalue weighted by Gasteiger charge is -2.24. The highest BCUT2D eigenvalue weighted by atomic mass is 32.1. The van der Waals surface area contributed by atoms with E-state index in [1.54, 1.807) is 12.1 Å². The molecule has 1 aromatic carbocycles. The maximum Gasteiger partial charge on any atom is 0.127 e. The van der Waals surface area contributed by atoms with Crippen molar-refractivity contribution in [2.24, 2.45) is 11.7 Å². The van der Waals surface area contributed by atoms with Gasteiger partial charge in [0.15, 0.2) is 0 Å². The van der Waals surface area contributed by atoms with Crippen LogP contribution in [0.5, 0.6) is 0 Å². The lowest BCUT2D eigenvalue weighted by atomic mass is 10.1. The van der Waals surface area contributed by atoms with Gasteiger partial charge in [0, 0.05) is 24.2 Å². The number of hydrogen-bond acceptors (Lipinski definition) is 2. The summed E-state index contributed by atoms with van der Waals surface area (Å²) in [6.07, 6.45) is 1.13. The molecule has 0 radical (unpaired) electrons. The summed E-state index contributed by atoms with van der Waals surface area (Å²) in [4.78, 5) is 2.56. The fourth-order valence-electron chi connectivity index (χ4n) is 1.97. The van der Waals surface area contributed by atoms with E-state index in [-0.39, 0.29) is 5.82 Å². The third kappa shape index (κ3) is 4.88. The smallest absolute Gasteiger partial charge is 0.127 e. The molecule has 0 heterocycles. The zero-order valence-corrected chi connectivity index (χ0v) is 12.8. The Hall–Kier alpha value is -1.00. The minimum Gasteiger partial charge on any atom is -0.389 e. The topological polar surface area (TPSA) is 29.3 Å². The largest absolute Gasteiger partial charge is 0.389 e. The fraction of sp³-hybridized carbons (Fsp3) is 0.533. The Bertz CT molecular complexity index is 434. The highest BCUT2D eigenvalue weighted by Gasteiger charge is 2.12. The van der Waals surface area contributed by atoms with Gasteiger partial charge in [-0.1, -0.05) is 39.4 Å². The lowest BCUT2D eigenvalue weighted by molar-refractivity contribution is 0.235. The Morgan fingerprint density at radius 3 is 2.63 bits per heavy atom. The molecule has 19 heavy (non-hydrogen) atoms. The van der Waals surface area contributed by atoms with Gasteiger partial charge in [-0.2, -0.15) is 0 Å². The first kappa shape index (κ1) is 16.1. The second-order valence-corrected chi connectivity index (χ2v) is 5.45. The molecule has 1 aromatic rings. The Morgan fingerprint density at radius 2 is 2.11 bits per heavy atom. The summed E-state index contributed by atoms with van der Waals surface area (Å²) in [5.74, 6) is 0.421. The van der Waals surface area contributed by atoms with E-state index in [2.05, 4.69) is 25.7 Å². The van der Waals surface area contributed by atoms with Crippen molar-refractivity contribution in [2.45, 2.75) is 33.7 Å². The van der Waals surface area contributed by atoms with Gasteiger partial charge in [-0.25, -0.2) is 4.39 Å². The van der Waals surface area contributed by atoms with E-state index < -0.39 is 0 Å². The van der Waals surface area contributed by atoms with Crippen LogP contribution in [0.15, 0.2) is 18.2 Å². The third-order valence-electron chi connectivity index (χ3n) is 3.44. The standard InChI is InChI=1S/C15H23FN2S/c1-4-11(3)9-18(5-2)10-13-8-12(15(17)19)6-7-14(13)16/h6-8,11H,4-5,9-10H2,1-3H3,(H2,17,19). The summed E-state index contributed by atoms with van der Waals surface area (Å²) >= 11 is 4.94. The van der Waals surface area contributed by atoms with Crippen LogP contribution in [-0.4, -0.2) is 23.0 Å². The van der Waals surface area contributed by atoms with Gasteiger partial charge >= 0.3 is 0 Å². The Labute approximate surface area is 120 Å². The van der Waals surface area contributed by atoms with Crippen molar-refractivity contribution in [3.05, 3.63) is 35.1 Å². The summed E-state index contributed by atoms with van der Waals surface area (Å²) in [7, 11) is 0. The first-order chi connectivity index (χ1) is 8.97. The second kappa shape index (κ2) is 7.56. The first-order valence-electron chi connectivity index (χ1n) is 6.78. The predicted molar refractivity (Wildman–Crippen MR) is 82.7 cm³/mol. The van der Waals surface area contributed by atoms with Crippen molar-refractivity contribution in [2.75, 3.05) is 13.1 Å². The molecule has 0 saturated heterocycles. The SMILES string of the molecule is CCC(C)CN(CC)Cc1cc(C(N)=S)ccc1F. The van der Waals surface area contributed by atoms with Gasteiger partial charge < -0.3 is 5.73 Å². The molecule has 0 fully saturated rings. The average molecular weight is 282 g/mol. The summed E-state index contributed by atoms with van der Waals surface area (Å²) in [6.45, 7) is 8.96. The maximum atomic E-state index is 13.8. The van der Waals surface area contributed by atoms with Gasteiger partial charge in [0.05, 0.1) is 0 Å². The summed E-state index contributed by atoms with van der Waals surface area (Å²) in [6, 6.07) is 4.84. The minimum absolute atomic E-state index is 0.192. The first-order valence-corrected chi connectivity index (χ1v) is 7.19. The Kier molecular flexibility index (Phi) is 6.38. The van der Waals surface area contributed by atoms with Crippen LogP contribution in [-0.2, 0) is 6.54 Å².